The molecule has 0 bridgehead atoms. The lowest BCUT2D eigenvalue weighted by Crippen LogP contribution is -2.13. The fourth-order valence-electron chi connectivity index (χ4n) is 1.50. The van der Waals surface area contributed by atoms with Gasteiger partial charge < -0.3 is 10.1 Å². The summed E-state index contributed by atoms with van der Waals surface area (Å²) in [6, 6.07) is 12.9. The summed E-state index contributed by atoms with van der Waals surface area (Å²) < 4.78 is 18.1. The first-order valence-corrected chi connectivity index (χ1v) is 6.24. The zero-order valence-electron chi connectivity index (χ0n) is 10.5. The molecular weight excluding hydrogens is 277 g/mol. The van der Waals surface area contributed by atoms with Crippen molar-refractivity contribution >= 4 is 28.8 Å². The molecule has 0 fully saturated rings. The molecule has 0 aliphatic rings. The molecule has 0 saturated heterocycles. The highest BCUT2D eigenvalue weighted by molar-refractivity contribution is 7.80. The zero-order valence-corrected chi connectivity index (χ0v) is 11.3. The van der Waals surface area contributed by atoms with Crippen LogP contribution in [0.3, 0.4) is 0 Å². The number of nitrogens with zero attached hydrogens (tertiary/aromatic N) is 1. The second-order valence-electron chi connectivity index (χ2n) is 3.99. The third-order valence-electron chi connectivity index (χ3n) is 2.53. The van der Waals surface area contributed by atoms with E-state index in [1.165, 1.54) is 12.1 Å². The highest BCUT2D eigenvalue weighted by Crippen LogP contribution is 2.13. The summed E-state index contributed by atoms with van der Waals surface area (Å²) in [7, 11) is 0. The number of benzene rings is 2. The Balaban J connectivity index is 1.85. The third-order valence-corrected chi connectivity index (χ3v) is 2.75. The third kappa shape index (κ3) is 4.10. The molecule has 0 aromatic heterocycles. The lowest BCUT2D eigenvalue weighted by molar-refractivity contribution is 0.300. The topological polar surface area (TPSA) is 57.5 Å². The molecule has 4 nitrogen and oxygen atoms in total. The number of thiocarbonyl (C=S) groups is 1. The van der Waals surface area contributed by atoms with Gasteiger partial charge in [-0.15, -0.1) is 0 Å². The minimum Gasteiger partial charge on any atom is -0.466 e. The molecule has 0 radical (unpaired) electrons. The highest BCUT2D eigenvalue weighted by atomic mass is 32.1. The predicted octanol–water partition coefficient (Wildman–Crippen LogP) is 4.40. The number of nitrogens with one attached hydrogen (secondary N) is 2. The Hall–Kier alpha value is -2.34. The Morgan fingerprint density at radius 2 is 1.80 bits per heavy atom. The second kappa shape index (κ2) is 6.72. The quantitative estimate of drug-likeness (QED) is 0.648. The molecule has 0 saturated carbocycles. The summed E-state index contributed by atoms with van der Waals surface area (Å²) in [4.78, 5) is 0. The standard InChI is InChI=1S/C14H12FN3OS/c15-11-3-7-12(8-4-11)17-14(20)19-9-10-1-5-13(18-16)6-2-10/h1-8,16H,9H2,(H,17,20). The Bertz CT molecular complexity index is 599. The van der Waals surface area contributed by atoms with Crippen LogP contribution in [0.5, 0.6) is 0 Å². The van der Waals surface area contributed by atoms with Crippen LogP contribution in [0.25, 0.3) is 0 Å². The van der Waals surface area contributed by atoms with Crippen LogP contribution in [0, 0.1) is 11.3 Å². The summed E-state index contributed by atoms with van der Waals surface area (Å²) >= 11 is 5.04. The average molecular weight is 289 g/mol. The van der Waals surface area contributed by atoms with Crippen molar-refractivity contribution in [2.45, 2.75) is 6.61 Å². The Morgan fingerprint density at radius 3 is 2.40 bits per heavy atom. The van der Waals surface area contributed by atoms with Crippen molar-refractivity contribution < 1.29 is 9.13 Å². The summed E-state index contributed by atoms with van der Waals surface area (Å²) in [5.41, 5.74) is 9.03. The van der Waals surface area contributed by atoms with E-state index in [9.17, 15) is 4.39 Å². The van der Waals surface area contributed by atoms with Gasteiger partial charge in [-0.1, -0.05) is 12.1 Å². The minimum atomic E-state index is -0.303. The van der Waals surface area contributed by atoms with Crippen molar-refractivity contribution in [3.8, 4) is 0 Å². The second-order valence-corrected chi connectivity index (χ2v) is 4.36. The molecule has 0 amide bonds. The van der Waals surface area contributed by atoms with E-state index >= 15 is 0 Å². The minimum absolute atomic E-state index is 0.214. The lowest BCUT2D eigenvalue weighted by atomic mass is 10.2. The number of anilines is 1. The summed E-state index contributed by atoms with van der Waals surface area (Å²) in [5, 5.41) is 6.38. The maximum absolute atomic E-state index is 12.7. The van der Waals surface area contributed by atoms with Crippen LogP contribution in [-0.2, 0) is 11.3 Å². The van der Waals surface area contributed by atoms with Gasteiger partial charge in [0.2, 0.25) is 0 Å². The number of rotatable bonds is 4. The molecule has 2 aromatic carbocycles. The van der Waals surface area contributed by atoms with Crippen molar-refractivity contribution in [1.29, 1.82) is 5.53 Å². The van der Waals surface area contributed by atoms with Crippen LogP contribution in [-0.4, -0.2) is 5.17 Å². The van der Waals surface area contributed by atoms with E-state index in [1.54, 1.807) is 24.3 Å². The predicted molar refractivity (Wildman–Crippen MR) is 78.7 cm³/mol. The van der Waals surface area contributed by atoms with Crippen molar-refractivity contribution in [1.82, 2.24) is 0 Å². The Kier molecular flexibility index (Phi) is 4.73. The van der Waals surface area contributed by atoms with Gasteiger partial charge in [0.1, 0.15) is 12.4 Å². The summed E-state index contributed by atoms with van der Waals surface area (Å²) in [5.74, 6) is -0.303. The van der Waals surface area contributed by atoms with Crippen molar-refractivity contribution in [2.24, 2.45) is 5.11 Å². The first kappa shape index (κ1) is 14.1. The molecular formula is C14H12FN3OS. The molecule has 2 N–H and O–H groups in total. The Morgan fingerprint density at radius 1 is 1.15 bits per heavy atom. The van der Waals surface area contributed by atoms with Gasteiger partial charge in [-0.2, -0.15) is 5.11 Å². The van der Waals surface area contributed by atoms with E-state index < -0.39 is 0 Å². The van der Waals surface area contributed by atoms with Gasteiger partial charge in [0.25, 0.3) is 5.17 Å². The first-order valence-electron chi connectivity index (χ1n) is 5.83. The van der Waals surface area contributed by atoms with Gasteiger partial charge in [0.05, 0.1) is 5.69 Å². The highest BCUT2D eigenvalue weighted by Gasteiger charge is 2.00. The fourth-order valence-corrected chi connectivity index (χ4v) is 1.68. The van der Waals surface area contributed by atoms with E-state index in [0.29, 0.717) is 18.0 Å². The number of ether oxygens (including phenoxy) is 1. The molecule has 20 heavy (non-hydrogen) atoms. The van der Waals surface area contributed by atoms with E-state index in [0.717, 1.165) is 5.56 Å². The Labute approximate surface area is 121 Å². The van der Waals surface area contributed by atoms with Crippen molar-refractivity contribution in [2.75, 3.05) is 5.32 Å². The van der Waals surface area contributed by atoms with Gasteiger partial charge in [0.15, 0.2) is 0 Å². The molecule has 0 spiro atoms. The largest absolute Gasteiger partial charge is 0.466 e. The van der Waals surface area contributed by atoms with Crippen LogP contribution in [0.4, 0.5) is 15.8 Å². The first-order chi connectivity index (χ1) is 9.67. The van der Waals surface area contributed by atoms with Crippen LogP contribution in [0.15, 0.2) is 53.6 Å². The maximum Gasteiger partial charge on any atom is 0.261 e. The smallest absolute Gasteiger partial charge is 0.261 e. The van der Waals surface area contributed by atoms with Gasteiger partial charge in [-0.25, -0.2) is 9.92 Å². The number of halogens is 1. The average Bonchev–Trinajstić information content (AvgIpc) is 2.48. The molecule has 6 heteroatoms. The van der Waals surface area contributed by atoms with E-state index in [-0.39, 0.29) is 11.0 Å². The molecule has 0 heterocycles. The van der Waals surface area contributed by atoms with Crippen LogP contribution >= 0.6 is 12.2 Å². The molecule has 0 unspecified atom stereocenters. The summed E-state index contributed by atoms with van der Waals surface area (Å²) in [6.07, 6.45) is 0. The van der Waals surface area contributed by atoms with Gasteiger partial charge in [-0.3, -0.25) is 0 Å². The van der Waals surface area contributed by atoms with Gasteiger partial charge in [-0.05, 0) is 54.2 Å². The van der Waals surface area contributed by atoms with Crippen LogP contribution < -0.4 is 5.32 Å². The van der Waals surface area contributed by atoms with Crippen molar-refractivity contribution in [3.63, 3.8) is 0 Å². The molecule has 0 atom stereocenters. The van der Waals surface area contributed by atoms with E-state index in [2.05, 4.69) is 10.4 Å². The summed E-state index contributed by atoms with van der Waals surface area (Å²) in [6.45, 7) is 0.311. The monoisotopic (exact) mass is 289 g/mol. The molecule has 102 valence electrons. The van der Waals surface area contributed by atoms with Crippen molar-refractivity contribution in [3.05, 3.63) is 59.9 Å². The van der Waals surface area contributed by atoms with Gasteiger partial charge >= 0.3 is 0 Å². The van der Waals surface area contributed by atoms with E-state index in [1.807, 2.05) is 12.1 Å². The fraction of sp³-hybridized carbons (Fsp3) is 0.0714. The van der Waals surface area contributed by atoms with E-state index in [4.69, 9.17) is 22.5 Å². The number of hydrogen-bond acceptors (Lipinski definition) is 4. The molecule has 0 aliphatic carbocycles. The molecule has 0 aliphatic heterocycles. The van der Waals surface area contributed by atoms with Gasteiger partial charge in [0, 0.05) is 5.69 Å². The normalized spacial score (nSPS) is 9.85. The molecule has 2 aromatic rings. The lowest BCUT2D eigenvalue weighted by Gasteiger charge is -2.09. The maximum atomic E-state index is 12.7. The molecule has 2 rings (SSSR count). The van der Waals surface area contributed by atoms with Crippen LogP contribution in [0.1, 0.15) is 5.56 Å². The SMILES string of the molecule is N=Nc1ccc(COC(=S)Nc2ccc(F)cc2)cc1. The zero-order chi connectivity index (χ0) is 14.4. The number of hydrogen-bond donors (Lipinski definition) is 2. The van der Waals surface area contributed by atoms with Crippen LogP contribution in [0.2, 0.25) is 0 Å².